The van der Waals surface area contributed by atoms with Crippen LogP contribution in [0, 0.1) is 0 Å². The molecule has 0 amide bonds. The summed E-state index contributed by atoms with van der Waals surface area (Å²) in [4.78, 5) is 0. The second kappa shape index (κ2) is 3.95. The molecule has 2 fully saturated rings. The van der Waals surface area contributed by atoms with Gasteiger partial charge in [0.15, 0.2) is 0 Å². The molecule has 2 rings (SSSR count). The number of ether oxygens (including phenoxy) is 1. The van der Waals surface area contributed by atoms with Crippen LogP contribution in [-0.4, -0.2) is 38.4 Å². The van der Waals surface area contributed by atoms with Gasteiger partial charge in [0.05, 0.1) is 6.10 Å². The lowest BCUT2D eigenvalue weighted by Crippen LogP contribution is -2.40. The van der Waals surface area contributed by atoms with Crippen molar-refractivity contribution < 1.29 is 4.74 Å². The van der Waals surface area contributed by atoms with Crippen molar-refractivity contribution in [3.8, 4) is 0 Å². The van der Waals surface area contributed by atoms with Gasteiger partial charge in [0.1, 0.15) is 0 Å². The molecule has 2 unspecified atom stereocenters. The Morgan fingerprint density at radius 3 is 3.00 bits per heavy atom. The summed E-state index contributed by atoms with van der Waals surface area (Å²) in [6.45, 7) is 3.38. The molecule has 3 heteroatoms. The second-order valence-corrected chi connectivity index (χ2v) is 4.33. The average Bonchev–Trinajstić information content (AvgIpc) is 2.40. The first-order valence-electron chi connectivity index (χ1n) is 5.33. The maximum Gasteiger partial charge on any atom is 0.0713 e. The SMILES string of the molecule is COC1CNC2(CCCNCC2)C1. The lowest BCUT2D eigenvalue weighted by molar-refractivity contribution is 0.111. The summed E-state index contributed by atoms with van der Waals surface area (Å²) in [6.07, 6.45) is 5.50. The van der Waals surface area contributed by atoms with E-state index in [4.69, 9.17) is 4.74 Å². The number of rotatable bonds is 1. The summed E-state index contributed by atoms with van der Waals surface area (Å²) in [7, 11) is 1.82. The molecule has 0 aliphatic carbocycles. The molecule has 0 aromatic rings. The first-order valence-corrected chi connectivity index (χ1v) is 5.33. The van der Waals surface area contributed by atoms with Gasteiger partial charge in [0.25, 0.3) is 0 Å². The zero-order chi connectivity index (χ0) is 9.15. The molecule has 2 saturated heterocycles. The van der Waals surface area contributed by atoms with E-state index in [1.165, 1.54) is 32.2 Å². The summed E-state index contributed by atoms with van der Waals surface area (Å²) in [5.74, 6) is 0. The lowest BCUT2D eigenvalue weighted by Gasteiger charge is -2.27. The van der Waals surface area contributed by atoms with Crippen LogP contribution in [0.1, 0.15) is 25.7 Å². The Balaban J connectivity index is 1.95. The summed E-state index contributed by atoms with van der Waals surface area (Å²) < 4.78 is 5.40. The third-order valence-electron chi connectivity index (χ3n) is 3.45. The summed E-state index contributed by atoms with van der Waals surface area (Å²) >= 11 is 0. The van der Waals surface area contributed by atoms with Crippen LogP contribution < -0.4 is 10.6 Å². The number of methoxy groups -OCH3 is 1. The Bertz CT molecular complexity index is 164. The van der Waals surface area contributed by atoms with Gasteiger partial charge in [-0.25, -0.2) is 0 Å². The third-order valence-corrected chi connectivity index (χ3v) is 3.45. The minimum atomic E-state index is 0.393. The predicted molar refractivity (Wildman–Crippen MR) is 52.9 cm³/mol. The molecular formula is C10H20N2O. The molecule has 2 aliphatic rings. The molecule has 2 aliphatic heterocycles. The van der Waals surface area contributed by atoms with Crippen LogP contribution in [0.4, 0.5) is 0 Å². The van der Waals surface area contributed by atoms with Gasteiger partial charge < -0.3 is 15.4 Å². The van der Waals surface area contributed by atoms with Crippen molar-refractivity contribution in [2.45, 2.75) is 37.3 Å². The average molecular weight is 184 g/mol. The Kier molecular flexibility index (Phi) is 2.86. The molecule has 0 radical (unpaired) electrons. The molecule has 2 heterocycles. The molecule has 0 bridgehead atoms. The van der Waals surface area contributed by atoms with Gasteiger partial charge in [-0.1, -0.05) is 0 Å². The van der Waals surface area contributed by atoms with E-state index in [1.54, 1.807) is 0 Å². The Hall–Kier alpha value is -0.120. The van der Waals surface area contributed by atoms with Crippen molar-refractivity contribution in [2.24, 2.45) is 0 Å². The fraction of sp³-hybridized carbons (Fsp3) is 1.00. The van der Waals surface area contributed by atoms with Gasteiger partial charge in [0.2, 0.25) is 0 Å². The number of hydrogen-bond acceptors (Lipinski definition) is 3. The van der Waals surface area contributed by atoms with E-state index in [0.29, 0.717) is 11.6 Å². The molecule has 0 saturated carbocycles. The highest BCUT2D eigenvalue weighted by Crippen LogP contribution is 2.30. The molecule has 0 aromatic carbocycles. The molecule has 3 nitrogen and oxygen atoms in total. The van der Waals surface area contributed by atoms with Gasteiger partial charge in [-0.05, 0) is 38.8 Å². The molecule has 2 N–H and O–H groups in total. The van der Waals surface area contributed by atoms with Gasteiger partial charge >= 0.3 is 0 Å². The minimum absolute atomic E-state index is 0.393. The highest BCUT2D eigenvalue weighted by molar-refractivity contribution is 4.98. The zero-order valence-corrected chi connectivity index (χ0v) is 8.44. The highest BCUT2D eigenvalue weighted by Gasteiger charge is 2.38. The van der Waals surface area contributed by atoms with Crippen molar-refractivity contribution in [1.82, 2.24) is 10.6 Å². The Morgan fingerprint density at radius 1 is 1.31 bits per heavy atom. The van der Waals surface area contributed by atoms with Crippen LogP contribution in [0.3, 0.4) is 0 Å². The van der Waals surface area contributed by atoms with Gasteiger partial charge in [-0.3, -0.25) is 0 Å². The van der Waals surface area contributed by atoms with Crippen LogP contribution in [-0.2, 0) is 4.74 Å². The van der Waals surface area contributed by atoms with Crippen molar-refractivity contribution in [1.29, 1.82) is 0 Å². The topological polar surface area (TPSA) is 33.3 Å². The molecule has 2 atom stereocenters. The van der Waals surface area contributed by atoms with Crippen molar-refractivity contribution in [3.05, 3.63) is 0 Å². The molecule has 1 spiro atoms. The maximum absolute atomic E-state index is 5.40. The number of nitrogens with one attached hydrogen (secondary N) is 2. The van der Waals surface area contributed by atoms with Crippen molar-refractivity contribution >= 4 is 0 Å². The van der Waals surface area contributed by atoms with Crippen LogP contribution in [0.25, 0.3) is 0 Å². The lowest BCUT2D eigenvalue weighted by atomic mass is 9.88. The molecule has 76 valence electrons. The van der Waals surface area contributed by atoms with Crippen LogP contribution in [0.15, 0.2) is 0 Å². The standard InChI is InChI=1S/C10H20N2O/c1-13-9-7-10(12-8-9)3-2-5-11-6-4-10/h9,11-12H,2-8H2,1H3. The van der Waals surface area contributed by atoms with E-state index >= 15 is 0 Å². The van der Waals surface area contributed by atoms with E-state index in [2.05, 4.69) is 10.6 Å². The molecule has 13 heavy (non-hydrogen) atoms. The van der Waals surface area contributed by atoms with Crippen LogP contribution >= 0.6 is 0 Å². The summed E-state index contributed by atoms with van der Waals surface area (Å²) in [5.41, 5.74) is 0.393. The molecular weight excluding hydrogens is 164 g/mol. The first-order chi connectivity index (χ1) is 6.35. The zero-order valence-electron chi connectivity index (χ0n) is 8.44. The fourth-order valence-corrected chi connectivity index (χ4v) is 2.59. The maximum atomic E-state index is 5.40. The smallest absolute Gasteiger partial charge is 0.0713 e. The summed E-state index contributed by atoms with van der Waals surface area (Å²) in [5, 5.41) is 7.10. The number of hydrogen-bond donors (Lipinski definition) is 2. The van der Waals surface area contributed by atoms with E-state index in [0.717, 1.165) is 13.1 Å². The van der Waals surface area contributed by atoms with Gasteiger partial charge in [0, 0.05) is 19.2 Å². The summed E-state index contributed by atoms with van der Waals surface area (Å²) in [6, 6.07) is 0. The predicted octanol–water partition coefficient (Wildman–Crippen LogP) is 0.507. The van der Waals surface area contributed by atoms with Crippen LogP contribution in [0.2, 0.25) is 0 Å². The highest BCUT2D eigenvalue weighted by atomic mass is 16.5. The van der Waals surface area contributed by atoms with Crippen LogP contribution in [0.5, 0.6) is 0 Å². The van der Waals surface area contributed by atoms with E-state index in [9.17, 15) is 0 Å². The fourth-order valence-electron chi connectivity index (χ4n) is 2.59. The Morgan fingerprint density at radius 2 is 2.23 bits per heavy atom. The third kappa shape index (κ3) is 2.03. The minimum Gasteiger partial charge on any atom is -0.380 e. The normalized spacial score (nSPS) is 40.8. The monoisotopic (exact) mass is 184 g/mol. The quantitative estimate of drug-likeness (QED) is 0.623. The second-order valence-electron chi connectivity index (χ2n) is 4.33. The van der Waals surface area contributed by atoms with Gasteiger partial charge in [-0.2, -0.15) is 0 Å². The van der Waals surface area contributed by atoms with E-state index in [1.807, 2.05) is 7.11 Å². The Labute approximate surface area is 80.2 Å². The van der Waals surface area contributed by atoms with E-state index < -0.39 is 0 Å². The first kappa shape index (κ1) is 9.44. The van der Waals surface area contributed by atoms with E-state index in [-0.39, 0.29) is 0 Å². The van der Waals surface area contributed by atoms with Crippen molar-refractivity contribution in [2.75, 3.05) is 26.7 Å². The molecule has 0 aromatic heterocycles. The van der Waals surface area contributed by atoms with Gasteiger partial charge in [-0.15, -0.1) is 0 Å². The largest absolute Gasteiger partial charge is 0.380 e. The van der Waals surface area contributed by atoms with Crippen molar-refractivity contribution in [3.63, 3.8) is 0 Å².